The van der Waals surface area contributed by atoms with Crippen molar-refractivity contribution in [2.24, 2.45) is 0 Å². The number of hydrogen-bond donors (Lipinski definition) is 1. The highest BCUT2D eigenvalue weighted by molar-refractivity contribution is 8.00. The third-order valence-electron chi connectivity index (χ3n) is 4.25. The van der Waals surface area contributed by atoms with E-state index in [1.54, 1.807) is 6.92 Å². The van der Waals surface area contributed by atoms with Crippen molar-refractivity contribution in [1.29, 1.82) is 0 Å². The molecule has 0 bridgehead atoms. The molecule has 0 saturated carbocycles. The monoisotopic (exact) mass is 415 g/mol. The summed E-state index contributed by atoms with van der Waals surface area (Å²) in [4.78, 5) is 24.8. The zero-order valence-corrected chi connectivity index (χ0v) is 16.5. The number of esters is 1. The summed E-state index contributed by atoms with van der Waals surface area (Å²) in [5, 5.41) is 4.71. The van der Waals surface area contributed by atoms with Crippen molar-refractivity contribution in [2.45, 2.75) is 17.9 Å². The number of fused-ring (bicyclic) bond motifs is 1. The van der Waals surface area contributed by atoms with E-state index < -0.39 is 36.2 Å². The first-order valence-corrected chi connectivity index (χ1v) is 9.92. The number of nitrogens with one attached hydrogen (secondary N) is 1. The van der Waals surface area contributed by atoms with E-state index in [-0.39, 0.29) is 11.3 Å². The third-order valence-corrected chi connectivity index (χ3v) is 5.22. The first-order chi connectivity index (χ1) is 13.9. The summed E-state index contributed by atoms with van der Waals surface area (Å²) in [5.41, 5.74) is 0.151. The van der Waals surface area contributed by atoms with Gasteiger partial charge < -0.3 is 10.1 Å². The van der Waals surface area contributed by atoms with Gasteiger partial charge in [0.15, 0.2) is 6.61 Å². The van der Waals surface area contributed by atoms with Crippen LogP contribution >= 0.6 is 11.8 Å². The minimum absolute atomic E-state index is 0.0633. The van der Waals surface area contributed by atoms with E-state index in [4.69, 9.17) is 4.74 Å². The second-order valence-corrected chi connectivity index (χ2v) is 7.46. The number of ether oxygens (including phenoxy) is 1. The molecule has 0 saturated heterocycles. The van der Waals surface area contributed by atoms with Gasteiger partial charge in [-0.1, -0.05) is 36.4 Å². The molecule has 0 spiro atoms. The van der Waals surface area contributed by atoms with Gasteiger partial charge in [0.2, 0.25) is 0 Å². The predicted octanol–water partition coefficient (Wildman–Crippen LogP) is 4.63. The Hall–Kier alpha value is -2.93. The zero-order chi connectivity index (χ0) is 20.8. The summed E-state index contributed by atoms with van der Waals surface area (Å²) in [6.07, 6.45) is 0. The van der Waals surface area contributed by atoms with Gasteiger partial charge >= 0.3 is 5.97 Å². The van der Waals surface area contributed by atoms with E-state index in [1.165, 1.54) is 17.8 Å². The molecule has 0 aliphatic carbocycles. The number of amides is 1. The Bertz CT molecular complexity index is 1040. The number of benzene rings is 3. The summed E-state index contributed by atoms with van der Waals surface area (Å²) < 4.78 is 31.7. The topological polar surface area (TPSA) is 55.4 Å². The molecule has 0 aliphatic heterocycles. The lowest BCUT2D eigenvalue weighted by atomic mass is 10.1. The van der Waals surface area contributed by atoms with Gasteiger partial charge in [0.25, 0.3) is 5.91 Å². The second kappa shape index (κ2) is 9.52. The number of carbonyl (C=O) groups excluding carboxylic acids is 2. The molecule has 0 heterocycles. The lowest BCUT2D eigenvalue weighted by Crippen LogP contribution is -2.31. The molecule has 0 aromatic heterocycles. The molecular weight excluding hydrogens is 396 g/mol. The van der Waals surface area contributed by atoms with Gasteiger partial charge in [0.1, 0.15) is 11.6 Å². The van der Waals surface area contributed by atoms with Crippen LogP contribution in [-0.4, -0.2) is 24.2 Å². The number of thioether (sulfide) groups is 1. The lowest BCUT2D eigenvalue weighted by molar-refractivity contribution is -0.146. The van der Waals surface area contributed by atoms with Crippen LogP contribution in [0.15, 0.2) is 65.6 Å². The zero-order valence-electron chi connectivity index (χ0n) is 15.7. The highest BCUT2D eigenvalue weighted by Gasteiger charge is 2.15. The molecule has 1 atom stereocenters. The van der Waals surface area contributed by atoms with Crippen molar-refractivity contribution in [3.63, 3.8) is 0 Å². The number of carbonyl (C=O) groups is 2. The Labute approximate surface area is 171 Å². The third kappa shape index (κ3) is 5.77. The molecule has 3 aromatic carbocycles. The smallest absolute Gasteiger partial charge is 0.316 e. The maximum Gasteiger partial charge on any atom is 0.316 e. The van der Waals surface area contributed by atoms with Crippen molar-refractivity contribution in [2.75, 3.05) is 12.4 Å². The van der Waals surface area contributed by atoms with Gasteiger partial charge in [-0.05, 0) is 35.9 Å². The molecule has 3 aromatic rings. The minimum atomic E-state index is -0.749. The molecule has 1 N–H and O–H groups in total. The van der Waals surface area contributed by atoms with Crippen LogP contribution in [0.1, 0.15) is 18.5 Å². The average molecular weight is 415 g/mol. The number of halogens is 2. The second-order valence-electron chi connectivity index (χ2n) is 6.41. The van der Waals surface area contributed by atoms with Crippen molar-refractivity contribution < 1.29 is 23.1 Å². The van der Waals surface area contributed by atoms with Crippen LogP contribution in [0.4, 0.5) is 8.78 Å². The molecule has 3 rings (SSSR count). The Morgan fingerprint density at radius 3 is 2.55 bits per heavy atom. The molecule has 0 aliphatic rings. The van der Waals surface area contributed by atoms with E-state index in [9.17, 15) is 18.4 Å². The minimum Gasteiger partial charge on any atom is -0.455 e. The van der Waals surface area contributed by atoms with Crippen LogP contribution in [0.5, 0.6) is 0 Å². The van der Waals surface area contributed by atoms with Crippen LogP contribution in [0.3, 0.4) is 0 Å². The Kier molecular flexibility index (Phi) is 6.82. The predicted molar refractivity (Wildman–Crippen MR) is 109 cm³/mol. The fraction of sp³-hybridized carbons (Fsp3) is 0.182. The normalized spacial score (nSPS) is 11.8. The summed E-state index contributed by atoms with van der Waals surface area (Å²) in [7, 11) is 0. The van der Waals surface area contributed by atoms with Crippen LogP contribution in [0.2, 0.25) is 0 Å². The van der Waals surface area contributed by atoms with E-state index in [0.717, 1.165) is 27.8 Å². The first kappa shape index (κ1) is 20.8. The Morgan fingerprint density at radius 2 is 1.79 bits per heavy atom. The summed E-state index contributed by atoms with van der Waals surface area (Å²) in [5.74, 6) is -2.47. The largest absolute Gasteiger partial charge is 0.455 e. The molecule has 7 heteroatoms. The van der Waals surface area contributed by atoms with Crippen molar-refractivity contribution >= 4 is 34.4 Å². The van der Waals surface area contributed by atoms with Crippen molar-refractivity contribution in [3.05, 3.63) is 77.9 Å². The molecular formula is C22H19F2NO3S. The number of rotatable bonds is 7. The first-order valence-electron chi connectivity index (χ1n) is 8.94. The standard InChI is InChI=1S/C22H19F2NO3S/c1-14(19-9-7-17(23)11-20(19)24)25-21(26)12-28-22(27)13-29-18-8-6-15-4-2-3-5-16(15)10-18/h2-11,14H,12-13H2,1H3,(H,25,26)/t14-/m1/s1. The van der Waals surface area contributed by atoms with Crippen LogP contribution < -0.4 is 5.32 Å². The van der Waals surface area contributed by atoms with Crippen LogP contribution in [0, 0.1) is 11.6 Å². The van der Waals surface area contributed by atoms with Gasteiger partial charge in [0.05, 0.1) is 11.8 Å². The fourth-order valence-corrected chi connectivity index (χ4v) is 3.54. The fourth-order valence-electron chi connectivity index (χ4n) is 2.80. The summed E-state index contributed by atoms with van der Waals surface area (Å²) in [6, 6.07) is 16.2. The molecule has 0 fully saturated rings. The maximum absolute atomic E-state index is 13.7. The molecule has 1 amide bonds. The lowest BCUT2D eigenvalue weighted by Gasteiger charge is -2.15. The van der Waals surface area contributed by atoms with Gasteiger partial charge in [-0.15, -0.1) is 11.8 Å². The molecule has 0 unspecified atom stereocenters. The SMILES string of the molecule is C[C@@H](NC(=O)COC(=O)CSc1ccc2ccccc2c1)c1ccc(F)cc1F. The molecule has 0 radical (unpaired) electrons. The van der Waals surface area contributed by atoms with Gasteiger partial charge in [0, 0.05) is 16.5 Å². The van der Waals surface area contributed by atoms with Crippen LogP contribution in [-0.2, 0) is 14.3 Å². The van der Waals surface area contributed by atoms with Crippen molar-refractivity contribution in [3.8, 4) is 0 Å². The molecule has 4 nitrogen and oxygen atoms in total. The van der Waals surface area contributed by atoms with Gasteiger partial charge in [-0.3, -0.25) is 9.59 Å². The molecule has 150 valence electrons. The number of hydrogen-bond acceptors (Lipinski definition) is 4. The van der Waals surface area contributed by atoms with E-state index in [0.29, 0.717) is 0 Å². The summed E-state index contributed by atoms with van der Waals surface area (Å²) in [6.45, 7) is 1.09. The Balaban J connectivity index is 1.45. The van der Waals surface area contributed by atoms with E-state index in [1.807, 2.05) is 42.5 Å². The maximum atomic E-state index is 13.7. The van der Waals surface area contributed by atoms with E-state index >= 15 is 0 Å². The van der Waals surface area contributed by atoms with Crippen molar-refractivity contribution in [1.82, 2.24) is 5.32 Å². The highest BCUT2D eigenvalue weighted by atomic mass is 32.2. The molecule has 29 heavy (non-hydrogen) atoms. The highest BCUT2D eigenvalue weighted by Crippen LogP contribution is 2.23. The Morgan fingerprint density at radius 1 is 1.03 bits per heavy atom. The average Bonchev–Trinajstić information content (AvgIpc) is 2.70. The van der Waals surface area contributed by atoms with Crippen LogP contribution in [0.25, 0.3) is 10.8 Å². The summed E-state index contributed by atoms with van der Waals surface area (Å²) >= 11 is 1.32. The van der Waals surface area contributed by atoms with Gasteiger partial charge in [-0.25, -0.2) is 8.78 Å². The van der Waals surface area contributed by atoms with Gasteiger partial charge in [-0.2, -0.15) is 0 Å². The van der Waals surface area contributed by atoms with E-state index in [2.05, 4.69) is 5.32 Å². The quantitative estimate of drug-likeness (QED) is 0.452.